The summed E-state index contributed by atoms with van der Waals surface area (Å²) in [6.07, 6.45) is 0.742. The molecule has 1 aromatic rings. The maximum atomic E-state index is 9.92. The van der Waals surface area contributed by atoms with Crippen molar-refractivity contribution in [3.05, 3.63) is 23.3 Å². The van der Waals surface area contributed by atoms with Gasteiger partial charge in [-0.2, -0.15) is 0 Å². The molecule has 2 N–H and O–H groups in total. The molecule has 0 saturated heterocycles. The van der Waals surface area contributed by atoms with Crippen LogP contribution in [-0.4, -0.2) is 30.5 Å². The van der Waals surface area contributed by atoms with Crippen LogP contribution in [0, 0.1) is 6.92 Å². The molecule has 1 aromatic carbocycles. The first kappa shape index (κ1) is 12.4. The quantitative estimate of drug-likeness (QED) is 0.749. The van der Waals surface area contributed by atoms with E-state index in [0.29, 0.717) is 11.2 Å². The van der Waals surface area contributed by atoms with E-state index >= 15 is 0 Å². The summed E-state index contributed by atoms with van der Waals surface area (Å²) < 4.78 is 10.9. The average Bonchev–Trinajstić information content (AvgIpc) is 2.67. The molecule has 1 atom stereocenters. The molecule has 17 heavy (non-hydrogen) atoms. The van der Waals surface area contributed by atoms with E-state index in [9.17, 15) is 5.02 Å². The Labute approximate surface area is 101 Å². The highest BCUT2D eigenvalue weighted by Gasteiger charge is 2.38. The van der Waals surface area contributed by atoms with E-state index in [1.54, 1.807) is 0 Å². The Balaban J connectivity index is 2.42. The van der Waals surface area contributed by atoms with Crippen LogP contribution in [0.4, 0.5) is 0 Å². The Kier molecular flexibility index (Phi) is 3.71. The zero-order chi connectivity index (χ0) is 12.4. The normalized spacial score (nSPS) is 18.4. The summed E-state index contributed by atoms with van der Waals surface area (Å²) in [6, 6.07) is 3.77. The SMILES string of the molecule is CC[C@H]1OB(O)c2c(OCCO)ccc(C)c21. The van der Waals surface area contributed by atoms with Crippen LogP contribution in [-0.2, 0) is 4.65 Å². The van der Waals surface area contributed by atoms with Crippen LogP contribution in [0.15, 0.2) is 12.1 Å². The fourth-order valence-electron chi connectivity index (χ4n) is 2.28. The highest BCUT2D eigenvalue weighted by atomic mass is 16.5. The van der Waals surface area contributed by atoms with Gasteiger partial charge in [-0.15, -0.1) is 0 Å². The van der Waals surface area contributed by atoms with Crippen molar-refractivity contribution in [3.63, 3.8) is 0 Å². The van der Waals surface area contributed by atoms with Crippen LogP contribution in [0.3, 0.4) is 0 Å². The standard InChI is InChI=1S/C12H17BO4/c1-3-9-11-8(2)4-5-10(16-7-6-14)12(11)13(15)17-9/h4-5,9,14-15H,3,6-7H2,1-2H3/t9-/m1/s1. The number of aliphatic hydroxyl groups excluding tert-OH is 1. The van der Waals surface area contributed by atoms with Crippen molar-refractivity contribution in [2.75, 3.05) is 13.2 Å². The number of aliphatic hydroxyl groups is 1. The number of aryl methyl sites for hydroxylation is 1. The van der Waals surface area contributed by atoms with Gasteiger partial charge < -0.3 is 19.5 Å². The maximum absolute atomic E-state index is 9.92. The lowest BCUT2D eigenvalue weighted by atomic mass is 9.77. The van der Waals surface area contributed by atoms with E-state index < -0.39 is 7.12 Å². The molecular formula is C12H17BO4. The molecule has 0 aliphatic carbocycles. The van der Waals surface area contributed by atoms with Crippen molar-refractivity contribution < 1.29 is 19.5 Å². The van der Waals surface area contributed by atoms with Gasteiger partial charge in [-0.3, -0.25) is 0 Å². The average molecular weight is 236 g/mol. The highest BCUT2D eigenvalue weighted by molar-refractivity contribution is 6.63. The molecule has 0 unspecified atom stereocenters. The van der Waals surface area contributed by atoms with Gasteiger partial charge in [0, 0.05) is 5.46 Å². The third-order valence-electron chi connectivity index (χ3n) is 3.05. The summed E-state index contributed by atoms with van der Waals surface area (Å²) in [6.45, 7) is 4.20. The van der Waals surface area contributed by atoms with Crippen LogP contribution >= 0.6 is 0 Å². The summed E-state index contributed by atoms with van der Waals surface area (Å²) in [5, 5.41) is 18.7. The first-order valence-corrected chi connectivity index (χ1v) is 5.89. The van der Waals surface area contributed by atoms with E-state index in [4.69, 9.17) is 14.5 Å². The van der Waals surface area contributed by atoms with E-state index in [2.05, 4.69) is 0 Å². The van der Waals surface area contributed by atoms with Gasteiger partial charge in [0.1, 0.15) is 12.4 Å². The Hall–Kier alpha value is -1.04. The molecule has 0 saturated carbocycles. The second-order valence-corrected chi connectivity index (χ2v) is 4.17. The maximum Gasteiger partial charge on any atom is 0.495 e. The van der Waals surface area contributed by atoms with E-state index in [0.717, 1.165) is 17.5 Å². The first-order chi connectivity index (χ1) is 8.19. The Bertz CT molecular complexity index is 408. The topological polar surface area (TPSA) is 58.9 Å². The van der Waals surface area contributed by atoms with Crippen LogP contribution in [0.2, 0.25) is 0 Å². The molecule has 0 radical (unpaired) electrons. The molecule has 1 aliphatic heterocycles. The molecule has 0 amide bonds. The van der Waals surface area contributed by atoms with Crippen molar-refractivity contribution in [3.8, 4) is 5.75 Å². The summed E-state index contributed by atoms with van der Waals surface area (Å²) in [5.74, 6) is 0.600. The second-order valence-electron chi connectivity index (χ2n) is 4.17. The first-order valence-electron chi connectivity index (χ1n) is 5.89. The van der Waals surface area contributed by atoms with Crippen molar-refractivity contribution >= 4 is 12.6 Å². The zero-order valence-corrected chi connectivity index (χ0v) is 10.1. The largest absolute Gasteiger partial charge is 0.495 e. The lowest BCUT2D eigenvalue weighted by Gasteiger charge is -2.13. The van der Waals surface area contributed by atoms with E-state index in [1.807, 2.05) is 26.0 Å². The van der Waals surface area contributed by atoms with E-state index in [1.165, 1.54) is 0 Å². The Morgan fingerprint density at radius 1 is 1.47 bits per heavy atom. The molecule has 0 bridgehead atoms. The fraction of sp³-hybridized carbons (Fsp3) is 0.500. The molecule has 1 heterocycles. The molecule has 0 fully saturated rings. The Morgan fingerprint density at radius 2 is 2.24 bits per heavy atom. The van der Waals surface area contributed by atoms with Gasteiger partial charge in [-0.25, -0.2) is 0 Å². The van der Waals surface area contributed by atoms with Crippen LogP contribution in [0.5, 0.6) is 5.75 Å². The predicted molar refractivity (Wildman–Crippen MR) is 65.5 cm³/mol. The van der Waals surface area contributed by atoms with Gasteiger partial charge in [0.25, 0.3) is 0 Å². The van der Waals surface area contributed by atoms with Crippen LogP contribution < -0.4 is 10.2 Å². The van der Waals surface area contributed by atoms with Gasteiger partial charge in [0.15, 0.2) is 0 Å². The smallest absolute Gasteiger partial charge is 0.492 e. The summed E-state index contributed by atoms with van der Waals surface area (Å²) >= 11 is 0. The number of benzene rings is 1. The zero-order valence-electron chi connectivity index (χ0n) is 10.1. The number of ether oxygens (including phenoxy) is 1. The summed E-state index contributed by atoms with van der Waals surface area (Å²) in [4.78, 5) is 0. The number of fused-ring (bicyclic) bond motifs is 1. The van der Waals surface area contributed by atoms with E-state index in [-0.39, 0.29) is 19.3 Å². The van der Waals surface area contributed by atoms with Crippen molar-refractivity contribution in [2.45, 2.75) is 26.4 Å². The fourth-order valence-corrected chi connectivity index (χ4v) is 2.28. The third-order valence-corrected chi connectivity index (χ3v) is 3.05. The number of hydrogen-bond donors (Lipinski definition) is 2. The van der Waals surface area contributed by atoms with Gasteiger partial charge in [-0.05, 0) is 30.5 Å². The van der Waals surface area contributed by atoms with Crippen molar-refractivity contribution in [2.24, 2.45) is 0 Å². The second kappa shape index (κ2) is 5.08. The number of hydrogen-bond acceptors (Lipinski definition) is 4. The molecule has 4 nitrogen and oxygen atoms in total. The van der Waals surface area contributed by atoms with Gasteiger partial charge in [-0.1, -0.05) is 13.0 Å². The van der Waals surface area contributed by atoms with Crippen molar-refractivity contribution in [1.29, 1.82) is 0 Å². The minimum atomic E-state index is -0.927. The minimum Gasteiger partial charge on any atom is -0.492 e. The summed E-state index contributed by atoms with van der Waals surface area (Å²) in [7, 11) is -0.927. The van der Waals surface area contributed by atoms with Crippen LogP contribution in [0.1, 0.15) is 30.6 Å². The number of rotatable bonds is 4. The van der Waals surface area contributed by atoms with Crippen molar-refractivity contribution in [1.82, 2.24) is 0 Å². The van der Waals surface area contributed by atoms with Gasteiger partial charge in [0.2, 0.25) is 0 Å². The molecule has 2 rings (SSSR count). The molecular weight excluding hydrogens is 219 g/mol. The van der Waals surface area contributed by atoms with Crippen LogP contribution in [0.25, 0.3) is 0 Å². The lowest BCUT2D eigenvalue weighted by molar-refractivity contribution is 0.186. The highest BCUT2D eigenvalue weighted by Crippen LogP contribution is 2.32. The Morgan fingerprint density at radius 3 is 2.88 bits per heavy atom. The molecule has 0 spiro atoms. The van der Waals surface area contributed by atoms with Gasteiger partial charge in [0.05, 0.1) is 12.7 Å². The molecule has 5 heteroatoms. The van der Waals surface area contributed by atoms with Gasteiger partial charge >= 0.3 is 7.12 Å². The molecule has 1 aliphatic rings. The summed E-state index contributed by atoms with van der Waals surface area (Å²) in [5.41, 5.74) is 2.83. The molecule has 92 valence electrons. The minimum absolute atomic E-state index is 0.0448. The lowest BCUT2D eigenvalue weighted by Crippen LogP contribution is -2.30. The predicted octanol–water partition coefficient (Wildman–Crippen LogP) is 0.535. The molecule has 0 aromatic heterocycles. The third kappa shape index (κ3) is 2.18. The monoisotopic (exact) mass is 236 g/mol.